The smallest absolute Gasteiger partial charge is 0.319 e. The van der Waals surface area contributed by atoms with Crippen molar-refractivity contribution in [1.82, 2.24) is 69.9 Å². The lowest BCUT2D eigenvalue weighted by molar-refractivity contribution is -0.142. The van der Waals surface area contributed by atoms with Gasteiger partial charge in [0.2, 0.25) is 11.8 Å². The van der Waals surface area contributed by atoms with E-state index in [1.54, 1.807) is 42.3 Å². The predicted octanol–water partition coefficient (Wildman–Crippen LogP) is 6.92. The molecule has 5 aliphatic rings. The van der Waals surface area contributed by atoms with E-state index in [4.69, 9.17) is 29.3 Å². The number of aryl methyl sites for hydroxylation is 1. The quantitative estimate of drug-likeness (QED) is 0.0540. The van der Waals surface area contributed by atoms with Gasteiger partial charge < -0.3 is 49.8 Å². The van der Waals surface area contributed by atoms with E-state index in [1.807, 2.05) is 61.9 Å². The molecular weight excluding hydrogens is 1130 g/mol. The Balaban J connectivity index is 0.758. The van der Waals surface area contributed by atoms with Crippen LogP contribution in [0.1, 0.15) is 99.7 Å². The molecule has 0 unspecified atom stereocenters. The third-order valence-electron chi connectivity index (χ3n) is 18.6. The number of likely N-dealkylation sites (tertiary alicyclic amines) is 1. The van der Waals surface area contributed by atoms with Crippen LogP contribution in [-0.2, 0) is 27.5 Å². The Bertz CT molecular complexity index is 4470. The molecule has 1 aliphatic carbocycles. The van der Waals surface area contributed by atoms with Crippen LogP contribution >= 0.6 is 0 Å². The van der Waals surface area contributed by atoms with E-state index in [1.165, 1.54) is 15.6 Å². The number of hydrogen-bond donors (Lipinski definition) is 6. The first-order valence-electron chi connectivity index (χ1n) is 30.6. The van der Waals surface area contributed by atoms with Crippen LogP contribution < -0.4 is 30.6 Å². The van der Waals surface area contributed by atoms with E-state index in [0.29, 0.717) is 94.1 Å². The molecule has 1 saturated carbocycles. The SMILES string of the molecule is CCn1nccc1-c1ccc([C@H](CO)NC(=O)[C@@H]2C[C@@H](O)CN2C(=O)[C@H](C(C)C)n2cc3c(n2)c(=O)[nH]c2cc(COc4c(-c5c(C)c(F)cc6[nH]ncc56)c(C5CC5)cc5c(N6C[C@@H]7C[C@H]6CN7)nc(OC6CCOCC6)nc45)ccc23)n2nccc12. The van der Waals surface area contributed by atoms with Crippen molar-refractivity contribution in [3.05, 3.63) is 118 Å². The maximum atomic E-state index is 16.3. The van der Waals surface area contributed by atoms with Crippen LogP contribution in [0.4, 0.5) is 10.2 Å². The van der Waals surface area contributed by atoms with E-state index < -0.39 is 48.2 Å². The van der Waals surface area contributed by atoms with Crippen LogP contribution in [0.2, 0.25) is 0 Å². The zero-order chi connectivity index (χ0) is 60.2. The van der Waals surface area contributed by atoms with Crippen molar-refractivity contribution in [2.75, 3.05) is 44.4 Å². The number of carbonyl (C=O) groups is 2. The number of fused-ring (bicyclic) bond motifs is 8. The molecule has 10 aromatic rings. The van der Waals surface area contributed by atoms with Gasteiger partial charge in [-0.1, -0.05) is 26.0 Å². The molecule has 6 N–H and O–H groups in total. The number of nitrogens with one attached hydrogen (secondary N) is 4. The fourth-order valence-electron chi connectivity index (χ4n) is 14.1. The number of H-pyrrole nitrogens is 2. The first-order chi connectivity index (χ1) is 42.8. The lowest BCUT2D eigenvalue weighted by Crippen LogP contribution is -2.50. The minimum absolute atomic E-state index is 0.0215. The van der Waals surface area contributed by atoms with Gasteiger partial charge in [0, 0.05) is 114 Å². The highest BCUT2D eigenvalue weighted by Crippen LogP contribution is 2.54. The molecule has 4 aliphatic heterocycles. The topological polar surface area (TPSA) is 273 Å². The van der Waals surface area contributed by atoms with Crippen LogP contribution in [0.3, 0.4) is 0 Å². The Morgan fingerprint density at radius 3 is 2.53 bits per heavy atom. The Labute approximate surface area is 503 Å². The molecule has 4 saturated heterocycles. The number of piperazine rings is 1. The number of β-amino-alcohol motifs (C(OH)–C–C–N with tert-alkyl or cyclic N) is 1. The van der Waals surface area contributed by atoms with Crippen molar-refractivity contribution < 1.29 is 38.4 Å². The van der Waals surface area contributed by atoms with Gasteiger partial charge in [0.1, 0.15) is 41.9 Å². The van der Waals surface area contributed by atoms with Gasteiger partial charge in [0.25, 0.3) is 5.56 Å². The first-order valence-corrected chi connectivity index (χ1v) is 30.6. The number of benzene rings is 3. The summed E-state index contributed by atoms with van der Waals surface area (Å²) >= 11 is 0. The highest BCUT2D eigenvalue weighted by molar-refractivity contribution is 6.07. The number of aromatic amines is 2. The molecule has 2 amide bonds. The minimum atomic E-state index is -1.09. The Morgan fingerprint density at radius 1 is 0.920 bits per heavy atom. The largest absolute Gasteiger partial charge is 0.486 e. The van der Waals surface area contributed by atoms with E-state index >= 15 is 4.39 Å². The zero-order valence-electron chi connectivity index (χ0n) is 49.2. The van der Waals surface area contributed by atoms with Crippen LogP contribution in [-0.4, -0.2) is 151 Å². The average molecular weight is 1190 g/mol. The molecule has 7 aromatic heterocycles. The molecule has 454 valence electrons. The number of nitrogens with zero attached hydrogens (tertiary/aromatic N) is 11. The number of ether oxygens (including phenoxy) is 3. The predicted molar refractivity (Wildman–Crippen MR) is 326 cm³/mol. The monoisotopic (exact) mass is 1190 g/mol. The van der Waals surface area contributed by atoms with Gasteiger partial charge in [-0.2, -0.15) is 30.4 Å². The fraction of sp³-hybridized carbons (Fsp3) is 0.422. The summed E-state index contributed by atoms with van der Waals surface area (Å²) in [5, 5.41) is 52.3. The Hall–Kier alpha value is -8.84. The molecule has 88 heavy (non-hydrogen) atoms. The normalized spacial score (nSPS) is 20.5. The molecular formula is C64H68FN15O8. The van der Waals surface area contributed by atoms with E-state index in [2.05, 4.69) is 47.0 Å². The van der Waals surface area contributed by atoms with Crippen LogP contribution in [0, 0.1) is 18.7 Å². The fourth-order valence-corrected chi connectivity index (χ4v) is 14.1. The summed E-state index contributed by atoms with van der Waals surface area (Å²) in [5.74, 6) is -0.367. The number of rotatable bonds is 17. The van der Waals surface area contributed by atoms with Crippen molar-refractivity contribution in [3.63, 3.8) is 0 Å². The van der Waals surface area contributed by atoms with E-state index in [9.17, 15) is 24.6 Å². The van der Waals surface area contributed by atoms with Gasteiger partial charge in [0.15, 0.2) is 11.3 Å². The highest BCUT2D eigenvalue weighted by atomic mass is 19.1. The number of anilines is 1. The number of amides is 2. The van der Waals surface area contributed by atoms with Crippen molar-refractivity contribution in [1.29, 1.82) is 0 Å². The molecule has 0 radical (unpaired) electrons. The summed E-state index contributed by atoms with van der Waals surface area (Å²) < 4.78 is 40.9. The molecule has 3 aromatic carbocycles. The molecule has 5 fully saturated rings. The lowest BCUT2D eigenvalue weighted by atomic mass is 9.88. The van der Waals surface area contributed by atoms with Gasteiger partial charge in [-0.3, -0.25) is 28.8 Å². The second-order valence-corrected chi connectivity index (χ2v) is 24.6. The number of aliphatic hydroxyl groups excluding tert-OH is 2. The van der Waals surface area contributed by atoms with E-state index in [0.717, 1.165) is 76.8 Å². The summed E-state index contributed by atoms with van der Waals surface area (Å²) in [6.45, 7) is 10.4. The Kier molecular flexibility index (Phi) is 14.0. The van der Waals surface area contributed by atoms with E-state index in [-0.39, 0.29) is 60.9 Å². The average Bonchev–Trinajstić information content (AvgIpc) is 1.43. The third kappa shape index (κ3) is 9.58. The van der Waals surface area contributed by atoms with Crippen molar-refractivity contribution in [2.45, 2.75) is 128 Å². The number of aliphatic hydroxyl groups is 2. The highest BCUT2D eigenvalue weighted by Gasteiger charge is 2.44. The van der Waals surface area contributed by atoms with Gasteiger partial charge in [0.05, 0.1) is 66.8 Å². The van der Waals surface area contributed by atoms with Crippen molar-refractivity contribution in [2.24, 2.45) is 5.92 Å². The second-order valence-electron chi connectivity index (χ2n) is 24.6. The molecule has 23 nitrogen and oxygen atoms in total. The van der Waals surface area contributed by atoms with Gasteiger partial charge >= 0.3 is 6.01 Å². The molecule has 2 bridgehead atoms. The first kappa shape index (κ1) is 55.7. The molecule has 11 heterocycles. The summed E-state index contributed by atoms with van der Waals surface area (Å²) in [4.78, 5) is 60.9. The summed E-state index contributed by atoms with van der Waals surface area (Å²) in [5.41, 5.74) is 7.87. The molecule has 6 atom stereocenters. The van der Waals surface area contributed by atoms with Crippen molar-refractivity contribution >= 4 is 66.8 Å². The zero-order valence-corrected chi connectivity index (χ0v) is 49.2. The van der Waals surface area contributed by atoms with Gasteiger partial charge in [-0.05, 0) is 104 Å². The summed E-state index contributed by atoms with van der Waals surface area (Å²) in [6, 6.07) is 14.6. The van der Waals surface area contributed by atoms with Gasteiger partial charge in [-0.25, -0.2) is 8.91 Å². The number of carbonyl (C=O) groups excluding carboxylic acids is 2. The molecule has 15 rings (SSSR count). The minimum Gasteiger partial charge on any atom is -0.486 e. The van der Waals surface area contributed by atoms with Crippen LogP contribution in [0.5, 0.6) is 11.8 Å². The summed E-state index contributed by atoms with van der Waals surface area (Å²) in [6.07, 6.45) is 9.90. The van der Waals surface area contributed by atoms with Crippen LogP contribution in [0.15, 0.2) is 84.2 Å². The molecule has 0 spiro atoms. The second kappa shape index (κ2) is 22.1. The van der Waals surface area contributed by atoms with Crippen LogP contribution in [0.25, 0.3) is 71.5 Å². The Morgan fingerprint density at radius 2 is 1.76 bits per heavy atom. The van der Waals surface area contributed by atoms with Gasteiger partial charge in [-0.15, -0.1) is 0 Å². The number of hydrogen-bond acceptors (Lipinski definition) is 16. The maximum Gasteiger partial charge on any atom is 0.319 e. The number of pyridine rings is 2. The molecule has 24 heteroatoms. The standard InChI is InChI=1S/C64H68FN15O8/c1-5-78-50(12-16-68-78)41-10-11-52(80-51(41)13-17-69-80)49(30-81)71-61(83)53-22-38(82)28-77(53)63(85)58(32(2)3)79-29-45-40-9-6-34(20-47(40)70-62(84)57(45)75-79)31-87-59-55(54-33(4)46(65)24-48-44(54)26-67-74-48)42(35-7-8-35)23-43-56(59)72-64(88-39-14-18-86-19-15-39)73-60(43)76-27-36-21-37(76)25-66-36/h6,9-13,16-17,20,23-24,26,29,32,35-39,49,53,58,66,81-82H,5,7-8,14-15,18-19,21-22,25,27-28,30-31H2,1-4H3,(H,67,74)(H,70,84)(H,71,83)/t36-,37-,38+,49-,53-,58-/m0/s1. The number of halogens is 1. The lowest BCUT2D eigenvalue weighted by Gasteiger charge is -2.31. The number of aromatic nitrogens is 11. The third-order valence-corrected chi connectivity index (χ3v) is 18.6. The van der Waals surface area contributed by atoms with Crippen molar-refractivity contribution in [3.8, 4) is 34.1 Å². The maximum absolute atomic E-state index is 16.3. The summed E-state index contributed by atoms with van der Waals surface area (Å²) in [7, 11) is 0.